The summed E-state index contributed by atoms with van der Waals surface area (Å²) in [5, 5.41) is 17.7. The van der Waals surface area contributed by atoms with Crippen molar-refractivity contribution in [3.8, 4) is 5.75 Å². The molecule has 0 aliphatic heterocycles. The highest BCUT2D eigenvalue weighted by Gasteiger charge is 2.09. The van der Waals surface area contributed by atoms with Crippen LogP contribution in [0.4, 0.5) is 5.82 Å². The van der Waals surface area contributed by atoms with Crippen LogP contribution in [0.3, 0.4) is 0 Å². The fourth-order valence-electron chi connectivity index (χ4n) is 1.31. The molecule has 0 fully saturated rings. The zero-order chi connectivity index (χ0) is 11.7. The maximum atomic E-state index is 9.85. The molecule has 0 saturated carbocycles. The Labute approximate surface area is 110 Å². The van der Waals surface area contributed by atoms with E-state index >= 15 is 0 Å². The van der Waals surface area contributed by atoms with Gasteiger partial charge in [-0.1, -0.05) is 0 Å². The molecule has 0 bridgehead atoms. The molecule has 0 saturated heterocycles. The van der Waals surface area contributed by atoms with Crippen LogP contribution in [0.25, 0.3) is 10.9 Å². The molecule has 82 valence electrons. The molecule has 0 radical (unpaired) electrons. The summed E-state index contributed by atoms with van der Waals surface area (Å²) < 4.78 is 1.03. The number of rotatable bonds is 1. The Hall–Kier alpha value is -1.22. The smallest absolute Gasteiger partial charge is 0.211 e. The minimum atomic E-state index is -0.0763. The van der Waals surface area contributed by atoms with Crippen LogP contribution in [0.5, 0.6) is 5.75 Å². The Balaban J connectivity index is 2.56. The van der Waals surface area contributed by atoms with Crippen LogP contribution in [0.2, 0.25) is 0 Å². The Morgan fingerprint density at radius 1 is 1.50 bits per heavy atom. The maximum absolute atomic E-state index is 9.85. The first-order valence-corrected chi connectivity index (χ1v) is 5.78. The molecule has 0 aliphatic carbocycles. The van der Waals surface area contributed by atoms with E-state index in [9.17, 15) is 5.11 Å². The van der Waals surface area contributed by atoms with E-state index in [-0.39, 0.29) is 16.7 Å². The summed E-state index contributed by atoms with van der Waals surface area (Å²) in [6, 6.07) is 5.63. The largest absolute Gasteiger partial charge is 0.504 e. The third-order valence-electron chi connectivity index (χ3n) is 1.96. The summed E-state index contributed by atoms with van der Waals surface area (Å²) in [5.74, 6) is 0.304. The molecule has 0 atom stereocenters. The molecular formula is C9H7IN4OS. The number of azo groups is 1. The second kappa shape index (κ2) is 4.34. The summed E-state index contributed by atoms with van der Waals surface area (Å²) in [6.07, 6.45) is 0. The van der Waals surface area contributed by atoms with Crippen LogP contribution in [0.1, 0.15) is 0 Å². The number of aromatic nitrogens is 1. The number of aromatic amines is 1. The summed E-state index contributed by atoms with van der Waals surface area (Å²) in [5.41, 5.74) is 5.97. The molecule has 4 N–H and O–H groups in total. The Bertz CT molecular complexity index is 592. The van der Waals surface area contributed by atoms with Gasteiger partial charge >= 0.3 is 0 Å². The second-order valence-electron chi connectivity index (χ2n) is 3.05. The van der Waals surface area contributed by atoms with Crippen molar-refractivity contribution in [3.63, 3.8) is 0 Å². The van der Waals surface area contributed by atoms with Gasteiger partial charge < -0.3 is 15.8 Å². The van der Waals surface area contributed by atoms with Crippen molar-refractivity contribution in [2.75, 3.05) is 0 Å². The average molecular weight is 346 g/mol. The van der Waals surface area contributed by atoms with Crippen LogP contribution in [-0.4, -0.2) is 15.2 Å². The number of halogens is 1. The molecule has 1 aromatic heterocycles. The van der Waals surface area contributed by atoms with E-state index in [1.54, 1.807) is 0 Å². The zero-order valence-corrected chi connectivity index (χ0v) is 10.9. The van der Waals surface area contributed by atoms with Gasteiger partial charge in [-0.3, -0.25) is 0 Å². The number of benzene rings is 1. The molecule has 0 aliphatic rings. The standard InChI is InChI=1S/C9H7IN4OS/c10-4-1-2-6-5(3-4)7(15)8(12-6)13-14-9(11)16/h1-3,12,15H,(H2,11,16)/b14-13+. The van der Waals surface area contributed by atoms with Crippen molar-refractivity contribution < 1.29 is 5.11 Å². The van der Waals surface area contributed by atoms with Crippen molar-refractivity contribution in [1.29, 1.82) is 0 Å². The van der Waals surface area contributed by atoms with Crippen LogP contribution in [0.15, 0.2) is 28.4 Å². The van der Waals surface area contributed by atoms with Crippen molar-refractivity contribution >= 4 is 56.6 Å². The van der Waals surface area contributed by atoms with E-state index in [0.717, 1.165) is 9.09 Å². The molecule has 1 heterocycles. The number of nitrogens with two attached hydrogens (primary N) is 1. The molecule has 5 nitrogen and oxygen atoms in total. The summed E-state index contributed by atoms with van der Waals surface area (Å²) in [4.78, 5) is 2.92. The van der Waals surface area contributed by atoms with Gasteiger partial charge in [-0.25, -0.2) is 0 Å². The third-order valence-corrected chi connectivity index (χ3v) is 2.72. The molecule has 1 aromatic carbocycles. The van der Waals surface area contributed by atoms with Gasteiger partial charge in [-0.2, -0.15) is 0 Å². The molecule has 0 amide bonds. The molecule has 0 spiro atoms. The molecule has 0 unspecified atom stereocenters. The predicted octanol–water partition coefficient (Wildman–Crippen LogP) is 2.81. The first-order chi connectivity index (χ1) is 7.58. The minimum absolute atomic E-state index is 0.0496. The first kappa shape index (κ1) is 11.3. The first-order valence-electron chi connectivity index (χ1n) is 4.29. The normalized spacial score (nSPS) is 11.3. The fourth-order valence-corrected chi connectivity index (χ4v) is 1.84. The summed E-state index contributed by atoms with van der Waals surface area (Å²) in [7, 11) is 0. The lowest BCUT2D eigenvalue weighted by molar-refractivity contribution is 0.482. The van der Waals surface area contributed by atoms with E-state index in [1.807, 2.05) is 18.2 Å². The average Bonchev–Trinajstić information content (AvgIpc) is 2.53. The number of H-pyrrole nitrogens is 1. The van der Waals surface area contributed by atoms with Crippen LogP contribution in [0, 0.1) is 3.57 Å². The van der Waals surface area contributed by atoms with Gasteiger partial charge in [0.15, 0.2) is 11.6 Å². The van der Waals surface area contributed by atoms with Crippen LogP contribution < -0.4 is 5.73 Å². The van der Waals surface area contributed by atoms with Gasteiger partial charge in [0.25, 0.3) is 0 Å². The van der Waals surface area contributed by atoms with E-state index in [4.69, 9.17) is 5.73 Å². The quantitative estimate of drug-likeness (QED) is 0.422. The van der Waals surface area contributed by atoms with Crippen molar-refractivity contribution in [1.82, 2.24) is 4.98 Å². The lowest BCUT2D eigenvalue weighted by Gasteiger charge is -1.91. The summed E-state index contributed by atoms with van der Waals surface area (Å²) in [6.45, 7) is 0. The van der Waals surface area contributed by atoms with Crippen molar-refractivity contribution in [2.24, 2.45) is 16.0 Å². The Kier molecular flexibility index (Phi) is 3.06. The monoisotopic (exact) mass is 346 g/mol. The SMILES string of the molecule is NC(=S)/N=N/c1[nH]c2ccc(I)cc2c1O. The number of aromatic hydroxyl groups is 1. The number of nitrogens with one attached hydrogen (secondary N) is 1. The minimum Gasteiger partial charge on any atom is -0.504 e. The zero-order valence-electron chi connectivity index (χ0n) is 7.94. The van der Waals surface area contributed by atoms with Gasteiger partial charge in [0, 0.05) is 8.96 Å². The predicted molar refractivity (Wildman–Crippen MR) is 74.0 cm³/mol. The van der Waals surface area contributed by atoms with Crippen molar-refractivity contribution in [3.05, 3.63) is 21.8 Å². The lowest BCUT2D eigenvalue weighted by atomic mass is 10.2. The third kappa shape index (κ3) is 2.14. The summed E-state index contributed by atoms with van der Waals surface area (Å²) >= 11 is 6.73. The Morgan fingerprint density at radius 2 is 2.25 bits per heavy atom. The maximum Gasteiger partial charge on any atom is 0.211 e. The topological polar surface area (TPSA) is 86.8 Å². The van der Waals surface area contributed by atoms with E-state index < -0.39 is 0 Å². The molecular weight excluding hydrogens is 339 g/mol. The molecule has 2 aromatic rings. The van der Waals surface area contributed by atoms with Crippen molar-refractivity contribution in [2.45, 2.75) is 0 Å². The highest BCUT2D eigenvalue weighted by Crippen LogP contribution is 2.35. The molecule has 7 heteroatoms. The number of fused-ring (bicyclic) bond motifs is 1. The lowest BCUT2D eigenvalue weighted by Crippen LogP contribution is -2.01. The molecule has 2 rings (SSSR count). The van der Waals surface area contributed by atoms with Crippen LogP contribution in [-0.2, 0) is 0 Å². The van der Waals surface area contributed by atoms with Gasteiger partial charge in [0.05, 0.1) is 5.52 Å². The van der Waals surface area contributed by atoms with E-state index in [0.29, 0.717) is 5.39 Å². The van der Waals surface area contributed by atoms with Gasteiger partial charge in [0.2, 0.25) is 5.11 Å². The van der Waals surface area contributed by atoms with E-state index in [2.05, 4.69) is 50.0 Å². The fraction of sp³-hybridized carbons (Fsp3) is 0. The van der Waals surface area contributed by atoms with E-state index in [1.165, 1.54) is 0 Å². The number of thiocarbonyl (C=S) groups is 1. The highest BCUT2D eigenvalue weighted by atomic mass is 127. The van der Waals surface area contributed by atoms with Gasteiger partial charge in [0.1, 0.15) is 0 Å². The Morgan fingerprint density at radius 3 is 2.94 bits per heavy atom. The van der Waals surface area contributed by atoms with Gasteiger partial charge in [-0.15, -0.1) is 10.2 Å². The van der Waals surface area contributed by atoms with Gasteiger partial charge in [-0.05, 0) is 53.0 Å². The second-order valence-corrected chi connectivity index (χ2v) is 4.71. The van der Waals surface area contributed by atoms with Crippen LogP contribution >= 0.6 is 34.8 Å². The number of nitrogens with zero attached hydrogens (tertiary/aromatic N) is 2. The number of hydrogen-bond donors (Lipinski definition) is 3. The highest BCUT2D eigenvalue weighted by molar-refractivity contribution is 14.1. The number of hydrogen-bond acceptors (Lipinski definition) is 3. The molecule has 16 heavy (non-hydrogen) atoms.